The quantitative estimate of drug-likeness (QED) is 0.609. The molecule has 3 aromatic carbocycles. The zero-order valence-electron chi connectivity index (χ0n) is 18.6. The summed E-state index contributed by atoms with van der Waals surface area (Å²) in [5.74, 6) is 0. The van der Waals surface area contributed by atoms with Gasteiger partial charge in [-0.3, -0.25) is 0 Å². The van der Waals surface area contributed by atoms with Gasteiger partial charge in [-0.05, 0) is 45.3 Å². The molecule has 4 heteroatoms. The molecule has 1 unspecified atom stereocenters. The van der Waals surface area contributed by atoms with Crippen LogP contribution in [0.15, 0.2) is 78.9 Å². The lowest BCUT2D eigenvalue weighted by Crippen LogP contribution is -2.52. The van der Waals surface area contributed by atoms with E-state index in [1.165, 1.54) is 11.1 Å². The van der Waals surface area contributed by atoms with E-state index in [1.807, 2.05) is 36.4 Å². The van der Waals surface area contributed by atoms with Crippen molar-refractivity contribution in [2.24, 2.45) is 0 Å². The lowest BCUT2D eigenvalue weighted by Gasteiger charge is -2.43. The summed E-state index contributed by atoms with van der Waals surface area (Å²) in [6.45, 7) is 6.34. The highest BCUT2D eigenvalue weighted by atomic mass is 28.3. The third kappa shape index (κ3) is 4.39. The van der Waals surface area contributed by atoms with Gasteiger partial charge >= 0.3 is 0 Å². The van der Waals surface area contributed by atoms with E-state index in [-0.39, 0.29) is 12.0 Å². The van der Waals surface area contributed by atoms with Crippen molar-refractivity contribution >= 4 is 19.4 Å². The fourth-order valence-corrected chi connectivity index (χ4v) is 7.21. The Labute approximate surface area is 187 Å². The number of aliphatic hydroxyl groups excluding tert-OH is 1. The Kier molecular flexibility index (Phi) is 6.17. The van der Waals surface area contributed by atoms with Crippen LogP contribution in [-0.4, -0.2) is 31.5 Å². The smallest absolute Gasteiger partial charge is 0.240 e. The molecular weight excluding hydrogens is 400 g/mol. The minimum absolute atomic E-state index is 0.000252. The Balaban J connectivity index is 1.83. The predicted octanol–water partition coefficient (Wildman–Crippen LogP) is 3.25. The van der Waals surface area contributed by atoms with E-state index in [9.17, 15) is 10.2 Å². The highest BCUT2D eigenvalue weighted by Crippen LogP contribution is 2.43. The molecule has 0 aromatic heterocycles. The lowest BCUT2D eigenvalue weighted by atomic mass is 9.72. The van der Waals surface area contributed by atoms with E-state index in [4.69, 9.17) is 4.43 Å². The van der Waals surface area contributed by atoms with Crippen LogP contribution in [0.1, 0.15) is 50.0 Å². The maximum absolute atomic E-state index is 11.5. The second-order valence-corrected chi connectivity index (χ2v) is 12.0. The fraction of sp³-hybridized carbons (Fsp3) is 0.333. The van der Waals surface area contributed by atoms with Gasteiger partial charge < -0.3 is 14.6 Å². The molecule has 3 nitrogen and oxygen atoms in total. The van der Waals surface area contributed by atoms with E-state index in [2.05, 4.69) is 63.2 Å². The van der Waals surface area contributed by atoms with Crippen molar-refractivity contribution in [1.29, 1.82) is 0 Å². The molecule has 31 heavy (non-hydrogen) atoms. The van der Waals surface area contributed by atoms with E-state index < -0.39 is 20.7 Å². The number of fused-ring (bicyclic) bond motifs is 1. The van der Waals surface area contributed by atoms with Gasteiger partial charge in [0.2, 0.25) is 9.04 Å². The van der Waals surface area contributed by atoms with Gasteiger partial charge in [-0.2, -0.15) is 0 Å². The van der Waals surface area contributed by atoms with Gasteiger partial charge in [-0.1, -0.05) is 99.6 Å². The minimum atomic E-state index is -2.11. The third-order valence-corrected chi connectivity index (χ3v) is 8.87. The molecule has 2 atom stereocenters. The monoisotopic (exact) mass is 432 g/mol. The van der Waals surface area contributed by atoms with Crippen molar-refractivity contribution in [3.05, 3.63) is 95.6 Å². The molecule has 4 rings (SSSR count). The summed E-state index contributed by atoms with van der Waals surface area (Å²) in [7, 11) is -2.11. The molecule has 0 spiro atoms. The first-order chi connectivity index (χ1) is 14.8. The average Bonchev–Trinajstić information content (AvgIpc) is 2.78. The first-order valence-corrected chi connectivity index (χ1v) is 12.7. The van der Waals surface area contributed by atoms with Gasteiger partial charge in [0.25, 0.3) is 0 Å². The van der Waals surface area contributed by atoms with Crippen LogP contribution < -0.4 is 10.4 Å². The number of rotatable bonds is 5. The summed E-state index contributed by atoms with van der Waals surface area (Å²) in [5, 5.41) is 24.0. The molecule has 0 heterocycles. The second-order valence-electron chi connectivity index (χ2n) is 9.60. The fourth-order valence-electron chi connectivity index (χ4n) is 4.70. The Morgan fingerprint density at radius 2 is 1.48 bits per heavy atom. The molecule has 0 fully saturated rings. The lowest BCUT2D eigenvalue weighted by molar-refractivity contribution is -0.107. The molecule has 0 aliphatic heterocycles. The van der Waals surface area contributed by atoms with Gasteiger partial charge in [0.15, 0.2) is 0 Å². The van der Waals surface area contributed by atoms with E-state index >= 15 is 0 Å². The van der Waals surface area contributed by atoms with Crippen LogP contribution in [0.4, 0.5) is 0 Å². The highest BCUT2D eigenvalue weighted by molar-refractivity contribution is 6.80. The predicted molar refractivity (Wildman–Crippen MR) is 129 cm³/mol. The summed E-state index contributed by atoms with van der Waals surface area (Å²) < 4.78 is 6.89. The molecule has 0 saturated heterocycles. The minimum Gasteiger partial charge on any atom is -0.401 e. The van der Waals surface area contributed by atoms with Crippen molar-refractivity contribution in [3.63, 3.8) is 0 Å². The molecule has 0 radical (unpaired) electrons. The number of aliphatic hydroxyl groups is 2. The Bertz CT molecular complexity index is 974. The Morgan fingerprint density at radius 1 is 0.903 bits per heavy atom. The second kappa shape index (κ2) is 8.71. The molecule has 162 valence electrons. The zero-order chi connectivity index (χ0) is 22.1. The van der Waals surface area contributed by atoms with Crippen molar-refractivity contribution in [2.75, 3.05) is 6.61 Å². The van der Waals surface area contributed by atoms with Crippen LogP contribution >= 0.6 is 0 Å². The SMILES string of the molecule is CC(C)(C)c1cccc2c1CC[C@](O)(CO)C2O[SiH](c1ccccc1)c1ccccc1. The summed E-state index contributed by atoms with van der Waals surface area (Å²) in [6, 6.07) is 26.9. The van der Waals surface area contributed by atoms with Gasteiger partial charge in [-0.15, -0.1) is 0 Å². The summed E-state index contributed by atoms with van der Waals surface area (Å²) in [4.78, 5) is 0. The van der Waals surface area contributed by atoms with E-state index in [0.717, 1.165) is 22.4 Å². The van der Waals surface area contributed by atoms with Gasteiger partial charge in [-0.25, -0.2) is 0 Å². The molecule has 2 N–H and O–H groups in total. The topological polar surface area (TPSA) is 49.7 Å². The normalized spacial score (nSPS) is 21.2. The van der Waals surface area contributed by atoms with Crippen molar-refractivity contribution in [3.8, 4) is 0 Å². The number of benzene rings is 3. The average molecular weight is 433 g/mol. The first kappa shape index (κ1) is 22.0. The van der Waals surface area contributed by atoms with E-state index in [1.54, 1.807) is 0 Å². The summed E-state index contributed by atoms with van der Waals surface area (Å²) >= 11 is 0. The van der Waals surface area contributed by atoms with Gasteiger partial charge in [0.05, 0.1) is 6.61 Å². The molecule has 1 aliphatic rings. The number of hydrogen-bond donors (Lipinski definition) is 2. The Hall–Kier alpha value is -2.24. The largest absolute Gasteiger partial charge is 0.401 e. The molecule has 0 amide bonds. The third-order valence-electron chi connectivity index (χ3n) is 6.35. The molecule has 0 bridgehead atoms. The standard InChI is InChI=1S/C27H32O3Si/c1-26(2,3)24-16-10-15-23-22(24)17-18-27(29,19-28)25(23)30-31(20-11-6-4-7-12-20)21-13-8-5-9-14-21/h4-16,25,28-29,31H,17-19H2,1-3H3/t25?,27-/m0/s1. The van der Waals surface area contributed by atoms with Crippen molar-refractivity contribution in [2.45, 2.75) is 50.7 Å². The van der Waals surface area contributed by atoms with Gasteiger partial charge in [0.1, 0.15) is 11.7 Å². The summed E-state index contributed by atoms with van der Waals surface area (Å²) in [5.41, 5.74) is 2.27. The molecule has 0 saturated carbocycles. The molecular formula is C27H32O3Si. The van der Waals surface area contributed by atoms with Crippen LogP contribution in [0.2, 0.25) is 0 Å². The summed E-state index contributed by atoms with van der Waals surface area (Å²) in [6.07, 6.45) is 0.655. The zero-order valence-corrected chi connectivity index (χ0v) is 19.7. The first-order valence-electron chi connectivity index (χ1n) is 11.0. The Morgan fingerprint density at radius 3 is 2.00 bits per heavy atom. The number of hydrogen-bond acceptors (Lipinski definition) is 3. The molecule has 3 aromatic rings. The van der Waals surface area contributed by atoms with Gasteiger partial charge in [0, 0.05) is 0 Å². The van der Waals surface area contributed by atoms with Crippen LogP contribution in [0.5, 0.6) is 0 Å². The molecule has 1 aliphatic carbocycles. The van der Waals surface area contributed by atoms with E-state index in [0.29, 0.717) is 6.42 Å². The van der Waals surface area contributed by atoms with Crippen molar-refractivity contribution < 1.29 is 14.6 Å². The maximum atomic E-state index is 11.5. The van der Waals surface area contributed by atoms with Crippen LogP contribution in [0, 0.1) is 0 Å². The van der Waals surface area contributed by atoms with Crippen molar-refractivity contribution in [1.82, 2.24) is 0 Å². The maximum Gasteiger partial charge on any atom is 0.240 e. The van der Waals surface area contributed by atoms with Crippen LogP contribution in [0.25, 0.3) is 0 Å². The highest BCUT2D eigenvalue weighted by Gasteiger charge is 2.45. The van der Waals surface area contributed by atoms with Crippen LogP contribution in [-0.2, 0) is 16.3 Å². The van der Waals surface area contributed by atoms with Crippen LogP contribution in [0.3, 0.4) is 0 Å².